The zero-order chi connectivity index (χ0) is 31.0. The predicted octanol–water partition coefficient (Wildman–Crippen LogP) is 7.33. The number of halogens is 2. The normalized spacial score (nSPS) is 22.3. The monoisotopic (exact) mass is 629 g/mol. The molecule has 9 heteroatoms. The molecule has 3 atom stereocenters. The number of allylic oxidation sites excluding steroid dienone is 1. The smallest absolute Gasteiger partial charge is 0.319 e. The number of hydrogen-bond acceptors (Lipinski definition) is 5. The number of carbonyl (C=O) groups is 3. The van der Waals surface area contributed by atoms with Crippen LogP contribution in [0.5, 0.6) is 0 Å². The fraction of sp³-hybridized carbons (Fsp3) is 0.314. The van der Waals surface area contributed by atoms with Gasteiger partial charge in [0.25, 0.3) is 5.91 Å². The first-order valence-corrected chi connectivity index (χ1v) is 15.6. The fourth-order valence-corrected chi connectivity index (χ4v) is 6.56. The molecule has 7 nitrogen and oxygen atoms in total. The van der Waals surface area contributed by atoms with Gasteiger partial charge >= 0.3 is 5.97 Å². The lowest BCUT2D eigenvalue weighted by atomic mass is 9.77. The molecule has 0 bridgehead atoms. The number of fused-ring (bicyclic) bond motifs is 1. The molecule has 6 rings (SSSR count). The number of anilines is 1. The molecule has 3 aromatic rings. The highest BCUT2D eigenvalue weighted by Gasteiger charge is 2.44. The zero-order valence-corrected chi connectivity index (χ0v) is 26.1. The molecule has 3 aliphatic rings. The lowest BCUT2D eigenvalue weighted by Gasteiger charge is -2.29. The van der Waals surface area contributed by atoms with E-state index in [0.717, 1.165) is 58.5 Å². The van der Waals surface area contributed by atoms with E-state index in [0.29, 0.717) is 23.0 Å². The van der Waals surface area contributed by atoms with Crippen LogP contribution in [0.4, 0.5) is 5.69 Å². The molecule has 0 spiro atoms. The van der Waals surface area contributed by atoms with Crippen LogP contribution in [0.15, 0.2) is 77.4 Å². The molecule has 2 aliphatic heterocycles. The molecular formula is C35H33Cl2N3O4. The Hall–Kier alpha value is -3.94. The van der Waals surface area contributed by atoms with Gasteiger partial charge in [0.05, 0.1) is 11.8 Å². The highest BCUT2D eigenvalue weighted by Crippen LogP contribution is 2.44. The van der Waals surface area contributed by atoms with E-state index in [2.05, 4.69) is 6.08 Å². The van der Waals surface area contributed by atoms with E-state index in [1.54, 1.807) is 17.0 Å². The van der Waals surface area contributed by atoms with Gasteiger partial charge in [0.2, 0.25) is 5.91 Å². The van der Waals surface area contributed by atoms with Gasteiger partial charge in [-0.2, -0.15) is 5.10 Å². The second-order valence-corrected chi connectivity index (χ2v) is 12.5. The van der Waals surface area contributed by atoms with Crippen molar-refractivity contribution in [2.24, 2.45) is 16.9 Å². The van der Waals surface area contributed by atoms with Crippen LogP contribution in [-0.2, 0) is 19.1 Å². The van der Waals surface area contributed by atoms with Crippen LogP contribution in [0.2, 0.25) is 10.0 Å². The minimum atomic E-state index is -0.946. The molecular weight excluding hydrogens is 597 g/mol. The number of aryl methyl sites for hydroxylation is 2. The van der Waals surface area contributed by atoms with Crippen LogP contribution < -0.4 is 4.90 Å². The Labute approximate surface area is 267 Å². The van der Waals surface area contributed by atoms with Crippen molar-refractivity contribution in [1.82, 2.24) is 5.01 Å². The molecule has 2 amide bonds. The van der Waals surface area contributed by atoms with Gasteiger partial charge in [-0.25, -0.2) is 5.01 Å². The summed E-state index contributed by atoms with van der Waals surface area (Å²) >= 11 is 12.3. The van der Waals surface area contributed by atoms with Gasteiger partial charge < -0.3 is 9.64 Å². The van der Waals surface area contributed by atoms with Gasteiger partial charge in [-0.05, 0) is 110 Å². The summed E-state index contributed by atoms with van der Waals surface area (Å²) in [5, 5.41) is 7.57. The van der Waals surface area contributed by atoms with Crippen molar-refractivity contribution in [3.63, 3.8) is 0 Å². The molecule has 2 heterocycles. The number of amides is 2. The van der Waals surface area contributed by atoms with E-state index < -0.39 is 24.4 Å². The molecule has 3 unspecified atom stereocenters. The highest BCUT2D eigenvalue weighted by atomic mass is 35.5. The molecule has 0 N–H and O–H groups in total. The summed E-state index contributed by atoms with van der Waals surface area (Å²) in [6, 6.07) is 20.5. The summed E-state index contributed by atoms with van der Waals surface area (Å²) in [5.41, 5.74) is 6.80. The van der Waals surface area contributed by atoms with Crippen LogP contribution in [-0.4, -0.2) is 41.7 Å². The maximum absolute atomic E-state index is 13.7. The molecule has 44 heavy (non-hydrogen) atoms. The molecule has 3 aromatic carbocycles. The minimum absolute atomic E-state index is 0.0222. The maximum Gasteiger partial charge on any atom is 0.319 e. The van der Waals surface area contributed by atoms with Crippen LogP contribution >= 0.6 is 23.2 Å². The van der Waals surface area contributed by atoms with Gasteiger partial charge in [-0.3, -0.25) is 14.4 Å². The van der Waals surface area contributed by atoms with Crippen molar-refractivity contribution in [1.29, 1.82) is 0 Å². The number of rotatable bonds is 6. The van der Waals surface area contributed by atoms with Crippen LogP contribution in [0.1, 0.15) is 54.0 Å². The van der Waals surface area contributed by atoms with E-state index in [-0.39, 0.29) is 17.9 Å². The third kappa shape index (κ3) is 6.04. The molecule has 0 aromatic heterocycles. The van der Waals surface area contributed by atoms with Crippen molar-refractivity contribution in [2.75, 3.05) is 18.1 Å². The Balaban J connectivity index is 1.20. The van der Waals surface area contributed by atoms with Gasteiger partial charge in [0.15, 0.2) is 6.61 Å². The molecule has 226 valence electrons. The standard InChI is InChI=1S/C35H33Cl2N3O4/c1-21-6-15-28(18-22(21)2)39-17-16-30(34(39)42)35(43)44-20-31(41)40-33(24-9-13-27(37)14-10-24)29-5-3-4-25(32(29)38-40)19-23-7-11-26(36)12-8-23/h6-15,18-19,29-30,33H,3-5,16-17,20H2,1-2H3/b25-19-. The second-order valence-electron chi connectivity index (χ2n) is 11.6. The first kappa shape index (κ1) is 30.1. The Bertz CT molecular complexity index is 1670. The quantitative estimate of drug-likeness (QED) is 0.211. The number of hydrazone groups is 1. The Morgan fingerprint density at radius 2 is 1.66 bits per heavy atom. The van der Waals surface area contributed by atoms with E-state index in [9.17, 15) is 14.4 Å². The van der Waals surface area contributed by atoms with Crippen LogP contribution in [0.25, 0.3) is 6.08 Å². The SMILES string of the molecule is Cc1ccc(N2CCC(C(=O)OCC(=O)N3N=C4/C(=C\c5ccc(Cl)cc5)CCCC4C3c3ccc(Cl)cc3)C2=O)cc1C. The number of esters is 1. The van der Waals surface area contributed by atoms with Crippen molar-refractivity contribution >= 4 is 58.5 Å². The minimum Gasteiger partial charge on any atom is -0.455 e. The molecule has 1 saturated carbocycles. The van der Waals surface area contributed by atoms with E-state index >= 15 is 0 Å². The largest absolute Gasteiger partial charge is 0.455 e. The third-order valence-electron chi connectivity index (χ3n) is 8.81. The van der Waals surface area contributed by atoms with Gasteiger partial charge in [0.1, 0.15) is 5.92 Å². The molecule has 1 saturated heterocycles. The average molecular weight is 631 g/mol. The third-order valence-corrected chi connectivity index (χ3v) is 9.31. The summed E-state index contributed by atoms with van der Waals surface area (Å²) in [6.45, 7) is 3.91. The molecule has 0 radical (unpaired) electrons. The van der Waals surface area contributed by atoms with E-state index in [1.807, 2.05) is 68.4 Å². The highest BCUT2D eigenvalue weighted by molar-refractivity contribution is 6.30. The summed E-state index contributed by atoms with van der Waals surface area (Å²) in [7, 11) is 0. The summed E-state index contributed by atoms with van der Waals surface area (Å²) in [5.74, 6) is -2.41. The van der Waals surface area contributed by atoms with Gasteiger partial charge in [-0.15, -0.1) is 0 Å². The number of ether oxygens (including phenoxy) is 1. The Kier molecular flexibility index (Phi) is 8.61. The number of nitrogens with zero attached hydrogens (tertiary/aromatic N) is 3. The number of carbonyl (C=O) groups excluding carboxylic acids is 3. The van der Waals surface area contributed by atoms with Gasteiger partial charge in [-0.1, -0.05) is 53.5 Å². The molecule has 2 fully saturated rings. The van der Waals surface area contributed by atoms with Crippen LogP contribution in [0, 0.1) is 25.7 Å². The van der Waals surface area contributed by atoms with Crippen molar-refractivity contribution < 1.29 is 19.1 Å². The second kappa shape index (κ2) is 12.6. The number of benzene rings is 3. The predicted molar refractivity (Wildman–Crippen MR) is 173 cm³/mol. The number of hydrogen-bond donors (Lipinski definition) is 0. The molecule has 1 aliphatic carbocycles. The topological polar surface area (TPSA) is 79.3 Å². The zero-order valence-electron chi connectivity index (χ0n) is 24.6. The first-order valence-electron chi connectivity index (χ1n) is 14.9. The lowest BCUT2D eigenvalue weighted by Crippen LogP contribution is -2.36. The Morgan fingerprint density at radius 3 is 2.36 bits per heavy atom. The summed E-state index contributed by atoms with van der Waals surface area (Å²) < 4.78 is 5.49. The van der Waals surface area contributed by atoms with Crippen molar-refractivity contribution in [2.45, 2.75) is 45.6 Å². The van der Waals surface area contributed by atoms with E-state index in [4.69, 9.17) is 33.0 Å². The fourth-order valence-electron chi connectivity index (χ4n) is 6.31. The first-order chi connectivity index (χ1) is 21.2. The summed E-state index contributed by atoms with van der Waals surface area (Å²) in [4.78, 5) is 41.5. The van der Waals surface area contributed by atoms with Crippen LogP contribution in [0.3, 0.4) is 0 Å². The van der Waals surface area contributed by atoms with E-state index in [1.165, 1.54) is 5.01 Å². The average Bonchev–Trinajstić information content (AvgIpc) is 3.60. The van der Waals surface area contributed by atoms with Gasteiger partial charge in [0, 0.05) is 28.2 Å². The maximum atomic E-state index is 13.7. The van der Waals surface area contributed by atoms with Crippen molar-refractivity contribution in [3.05, 3.63) is 105 Å². The van der Waals surface area contributed by atoms with Crippen molar-refractivity contribution in [3.8, 4) is 0 Å². The summed E-state index contributed by atoms with van der Waals surface area (Å²) in [6.07, 6.45) is 5.08. The Morgan fingerprint density at radius 1 is 0.955 bits per heavy atom. The lowest BCUT2D eigenvalue weighted by molar-refractivity contribution is -0.157.